The summed E-state index contributed by atoms with van der Waals surface area (Å²) in [4.78, 5) is 16.2. The monoisotopic (exact) mass is 340 g/mol. The SMILES string of the molecule is O=C(CSc1n[nH]c(-c2ccccc2O)n1)NCc1ccccc1. The third-order valence-electron chi connectivity index (χ3n) is 3.29. The lowest BCUT2D eigenvalue weighted by molar-refractivity contribution is -0.118. The van der Waals surface area contributed by atoms with Crippen molar-refractivity contribution in [3.63, 3.8) is 0 Å². The van der Waals surface area contributed by atoms with Crippen molar-refractivity contribution in [2.24, 2.45) is 0 Å². The Morgan fingerprint density at radius 2 is 1.88 bits per heavy atom. The quantitative estimate of drug-likeness (QED) is 0.600. The minimum absolute atomic E-state index is 0.0854. The van der Waals surface area contributed by atoms with E-state index in [1.54, 1.807) is 24.3 Å². The van der Waals surface area contributed by atoms with Crippen LogP contribution in [0, 0.1) is 0 Å². The van der Waals surface area contributed by atoms with Crippen molar-refractivity contribution in [3.8, 4) is 17.1 Å². The Hall–Kier alpha value is -2.80. The molecule has 0 aliphatic carbocycles. The van der Waals surface area contributed by atoms with E-state index >= 15 is 0 Å². The second kappa shape index (κ2) is 7.65. The molecule has 0 radical (unpaired) electrons. The van der Waals surface area contributed by atoms with E-state index in [0.29, 0.717) is 23.1 Å². The van der Waals surface area contributed by atoms with Gasteiger partial charge in [0.2, 0.25) is 11.1 Å². The number of nitrogens with zero attached hydrogens (tertiary/aromatic N) is 2. The standard InChI is InChI=1S/C17H16N4O2S/c22-14-9-5-4-8-13(14)16-19-17(21-20-16)24-11-15(23)18-10-12-6-2-1-3-7-12/h1-9,22H,10-11H2,(H,18,23)(H,19,20,21). The molecule has 7 heteroatoms. The van der Waals surface area contributed by atoms with Crippen molar-refractivity contribution in [1.29, 1.82) is 0 Å². The molecule has 0 saturated heterocycles. The van der Waals surface area contributed by atoms with Crippen LogP contribution < -0.4 is 5.32 Å². The van der Waals surface area contributed by atoms with Crippen LogP contribution >= 0.6 is 11.8 Å². The van der Waals surface area contributed by atoms with Crippen molar-refractivity contribution >= 4 is 17.7 Å². The highest BCUT2D eigenvalue weighted by Crippen LogP contribution is 2.26. The van der Waals surface area contributed by atoms with Gasteiger partial charge in [-0.15, -0.1) is 5.10 Å². The maximum absolute atomic E-state index is 11.9. The number of phenols is 1. The van der Waals surface area contributed by atoms with Gasteiger partial charge in [0.1, 0.15) is 5.75 Å². The smallest absolute Gasteiger partial charge is 0.230 e. The maximum atomic E-state index is 11.9. The molecule has 0 bridgehead atoms. The number of nitrogens with one attached hydrogen (secondary N) is 2. The Bertz CT molecular complexity index is 820. The molecule has 3 N–H and O–H groups in total. The number of phenolic OH excluding ortho intramolecular Hbond substituents is 1. The van der Waals surface area contributed by atoms with Crippen molar-refractivity contribution in [1.82, 2.24) is 20.5 Å². The summed E-state index contributed by atoms with van der Waals surface area (Å²) in [5.74, 6) is 0.745. The Labute approximate surface area is 143 Å². The predicted octanol–water partition coefficient (Wildman–Crippen LogP) is 2.59. The molecule has 3 aromatic rings. The van der Waals surface area contributed by atoms with E-state index in [1.165, 1.54) is 11.8 Å². The lowest BCUT2D eigenvalue weighted by atomic mass is 10.2. The molecule has 0 spiro atoms. The number of rotatable bonds is 6. The van der Waals surface area contributed by atoms with E-state index in [4.69, 9.17) is 0 Å². The van der Waals surface area contributed by atoms with Crippen LogP contribution in [0.2, 0.25) is 0 Å². The van der Waals surface area contributed by atoms with Crippen LogP contribution in [0.3, 0.4) is 0 Å². The number of benzene rings is 2. The molecular weight excluding hydrogens is 324 g/mol. The summed E-state index contributed by atoms with van der Waals surface area (Å²) in [6, 6.07) is 16.6. The first-order valence-corrected chi connectivity index (χ1v) is 8.35. The summed E-state index contributed by atoms with van der Waals surface area (Å²) >= 11 is 1.24. The number of aromatic nitrogens is 3. The van der Waals surface area contributed by atoms with Gasteiger partial charge in [0.05, 0.1) is 11.3 Å². The first kappa shape index (κ1) is 16.1. The van der Waals surface area contributed by atoms with Gasteiger partial charge in [0, 0.05) is 6.54 Å². The number of para-hydroxylation sites is 1. The Kier molecular flexibility index (Phi) is 5.12. The van der Waals surface area contributed by atoms with Crippen LogP contribution in [0.1, 0.15) is 5.56 Å². The molecule has 0 saturated carbocycles. The molecule has 1 heterocycles. The normalized spacial score (nSPS) is 10.5. The Morgan fingerprint density at radius 3 is 2.67 bits per heavy atom. The molecule has 3 rings (SSSR count). The molecule has 1 amide bonds. The van der Waals surface area contributed by atoms with E-state index < -0.39 is 0 Å². The second-order valence-electron chi connectivity index (χ2n) is 5.03. The zero-order valence-electron chi connectivity index (χ0n) is 12.8. The summed E-state index contributed by atoms with van der Waals surface area (Å²) in [7, 11) is 0. The lowest BCUT2D eigenvalue weighted by Crippen LogP contribution is -2.24. The van der Waals surface area contributed by atoms with Gasteiger partial charge in [-0.2, -0.15) is 0 Å². The number of aromatic hydroxyl groups is 1. The molecule has 6 nitrogen and oxygen atoms in total. The van der Waals surface area contributed by atoms with Gasteiger partial charge in [-0.1, -0.05) is 54.2 Å². The average molecular weight is 340 g/mol. The van der Waals surface area contributed by atoms with Gasteiger partial charge in [-0.25, -0.2) is 4.98 Å². The summed E-state index contributed by atoms with van der Waals surface area (Å²) in [5.41, 5.74) is 1.63. The molecular formula is C17H16N4O2S. The van der Waals surface area contributed by atoms with Crippen LogP contribution in [-0.2, 0) is 11.3 Å². The number of H-pyrrole nitrogens is 1. The predicted molar refractivity (Wildman–Crippen MR) is 92.5 cm³/mol. The van der Waals surface area contributed by atoms with E-state index in [0.717, 1.165) is 5.56 Å². The van der Waals surface area contributed by atoms with Crippen LogP contribution in [0.25, 0.3) is 11.4 Å². The fraction of sp³-hybridized carbons (Fsp3) is 0.118. The highest BCUT2D eigenvalue weighted by molar-refractivity contribution is 7.99. The molecule has 0 atom stereocenters. The van der Waals surface area contributed by atoms with Crippen LogP contribution in [0.5, 0.6) is 5.75 Å². The second-order valence-corrected chi connectivity index (χ2v) is 5.98. The van der Waals surface area contributed by atoms with Gasteiger partial charge < -0.3 is 10.4 Å². The van der Waals surface area contributed by atoms with Crippen LogP contribution in [-0.4, -0.2) is 31.9 Å². The zero-order valence-corrected chi connectivity index (χ0v) is 13.6. The zero-order chi connectivity index (χ0) is 16.8. The van der Waals surface area contributed by atoms with Gasteiger partial charge in [0.25, 0.3) is 0 Å². The van der Waals surface area contributed by atoms with E-state index in [-0.39, 0.29) is 17.4 Å². The largest absolute Gasteiger partial charge is 0.507 e. The van der Waals surface area contributed by atoms with Crippen molar-refractivity contribution in [2.75, 3.05) is 5.75 Å². The molecule has 0 fully saturated rings. The third kappa shape index (κ3) is 4.14. The molecule has 0 aliphatic rings. The Morgan fingerprint density at radius 1 is 1.12 bits per heavy atom. The summed E-state index contributed by atoms with van der Waals surface area (Å²) in [5, 5.41) is 20.0. The van der Waals surface area contributed by atoms with E-state index in [1.807, 2.05) is 30.3 Å². The number of amides is 1. The fourth-order valence-corrected chi connectivity index (χ4v) is 2.71. The first-order valence-electron chi connectivity index (χ1n) is 7.36. The van der Waals surface area contributed by atoms with Gasteiger partial charge in [0.15, 0.2) is 5.82 Å². The molecule has 0 unspecified atom stereocenters. The van der Waals surface area contributed by atoms with Gasteiger partial charge in [-0.3, -0.25) is 9.89 Å². The van der Waals surface area contributed by atoms with Crippen molar-refractivity contribution in [2.45, 2.75) is 11.7 Å². The first-order chi connectivity index (χ1) is 11.7. The number of carbonyl (C=O) groups is 1. The summed E-state index contributed by atoms with van der Waals surface area (Å²) in [6.07, 6.45) is 0. The highest BCUT2D eigenvalue weighted by Gasteiger charge is 2.11. The topological polar surface area (TPSA) is 90.9 Å². The highest BCUT2D eigenvalue weighted by atomic mass is 32.2. The number of thioether (sulfide) groups is 1. The van der Waals surface area contributed by atoms with Crippen LogP contribution in [0.4, 0.5) is 0 Å². The van der Waals surface area contributed by atoms with Crippen molar-refractivity contribution < 1.29 is 9.90 Å². The third-order valence-corrected chi connectivity index (χ3v) is 4.14. The summed E-state index contributed by atoms with van der Waals surface area (Å²) in [6.45, 7) is 0.497. The van der Waals surface area contributed by atoms with E-state index in [2.05, 4.69) is 20.5 Å². The minimum Gasteiger partial charge on any atom is -0.507 e. The van der Waals surface area contributed by atoms with Gasteiger partial charge >= 0.3 is 0 Å². The Balaban J connectivity index is 1.52. The number of hydrogen-bond donors (Lipinski definition) is 3. The van der Waals surface area contributed by atoms with Gasteiger partial charge in [-0.05, 0) is 17.7 Å². The van der Waals surface area contributed by atoms with Crippen molar-refractivity contribution in [3.05, 3.63) is 60.2 Å². The number of hydrogen-bond acceptors (Lipinski definition) is 5. The molecule has 1 aromatic heterocycles. The lowest BCUT2D eigenvalue weighted by Gasteiger charge is -2.03. The number of aromatic amines is 1. The maximum Gasteiger partial charge on any atom is 0.230 e. The molecule has 24 heavy (non-hydrogen) atoms. The minimum atomic E-state index is -0.0854. The molecule has 122 valence electrons. The number of carbonyl (C=O) groups excluding carboxylic acids is 1. The van der Waals surface area contributed by atoms with Crippen LogP contribution in [0.15, 0.2) is 59.8 Å². The summed E-state index contributed by atoms with van der Waals surface area (Å²) < 4.78 is 0. The molecule has 0 aliphatic heterocycles. The fourth-order valence-electron chi connectivity index (χ4n) is 2.08. The molecule has 2 aromatic carbocycles. The van der Waals surface area contributed by atoms with E-state index in [9.17, 15) is 9.90 Å². The average Bonchev–Trinajstić information content (AvgIpc) is 3.08.